The Morgan fingerprint density at radius 1 is 0.769 bits per heavy atom. The average Bonchev–Trinajstić information content (AvgIpc) is 2.53. The van der Waals surface area contributed by atoms with E-state index in [0.29, 0.717) is 0 Å². The number of aliphatic carboxylic acids is 2. The number of hydrogen-bond acceptors (Lipinski definition) is 4. The third-order valence-corrected chi connectivity index (χ3v) is 4.31. The first-order valence-corrected chi connectivity index (χ1v) is 9.63. The third kappa shape index (κ3) is 22.7. The zero-order chi connectivity index (χ0) is 18.0. The smallest absolute Gasteiger partial charge is 0.550 e. The predicted molar refractivity (Wildman–Crippen MR) is 93.0 cm³/mol. The molecule has 0 rings (SSSR count). The van der Waals surface area contributed by atoms with Gasteiger partial charge in [0, 0.05) is 17.9 Å². The quantitative estimate of drug-likeness (QED) is 0.154. The normalized spacial score (nSPS) is 11.6. The number of carbonyl (C=O) groups excluding carboxylic acids is 2. The topological polar surface area (TPSA) is 80.3 Å². The van der Waals surface area contributed by atoms with Crippen molar-refractivity contribution in [2.45, 2.75) is 96.8 Å². The van der Waals surface area contributed by atoms with E-state index in [1.54, 1.807) is 6.08 Å². The van der Waals surface area contributed by atoms with Gasteiger partial charge in [-0.1, -0.05) is 83.3 Å². The second-order valence-corrected chi connectivity index (χ2v) is 6.62. The second kappa shape index (κ2) is 23.7. The Morgan fingerprint density at radius 2 is 1.23 bits per heavy atom. The van der Waals surface area contributed by atoms with Crippen LogP contribution in [0, 0.1) is 5.92 Å². The summed E-state index contributed by atoms with van der Waals surface area (Å²) in [4.78, 5) is 21.2. The summed E-state index contributed by atoms with van der Waals surface area (Å²) >= 11 is 0. The first kappa shape index (κ1) is 31.4. The molecule has 0 saturated carbocycles. The molecule has 0 aliphatic heterocycles. The number of rotatable bonds is 17. The monoisotopic (exact) mass is 384 g/mol. The molecule has 0 aromatic carbocycles. The van der Waals surface area contributed by atoms with E-state index in [4.69, 9.17) is 0 Å². The van der Waals surface area contributed by atoms with E-state index in [1.165, 1.54) is 64.2 Å². The van der Waals surface area contributed by atoms with E-state index in [2.05, 4.69) is 6.92 Å². The van der Waals surface area contributed by atoms with Crippen LogP contribution in [0.3, 0.4) is 0 Å². The second-order valence-electron chi connectivity index (χ2n) is 6.62. The maximum Gasteiger partial charge on any atom is 1.00 e. The first-order valence-electron chi connectivity index (χ1n) is 9.63. The SMILES string of the molecule is CCCCCCCCCCCCCC=CCC(CC(=O)[O-])C(=O)[O-].[Na+].[Na+]. The zero-order valence-corrected chi connectivity index (χ0v) is 21.3. The molecule has 6 heteroatoms. The van der Waals surface area contributed by atoms with Gasteiger partial charge in [0.25, 0.3) is 0 Å². The molecular formula is C20H34Na2O4. The van der Waals surface area contributed by atoms with Crippen molar-refractivity contribution in [2.75, 3.05) is 0 Å². The summed E-state index contributed by atoms with van der Waals surface area (Å²) in [6.07, 6.45) is 18.7. The van der Waals surface area contributed by atoms with Gasteiger partial charge in [-0.3, -0.25) is 0 Å². The molecule has 140 valence electrons. The third-order valence-electron chi connectivity index (χ3n) is 4.31. The van der Waals surface area contributed by atoms with Gasteiger partial charge >= 0.3 is 59.1 Å². The van der Waals surface area contributed by atoms with Crippen molar-refractivity contribution in [1.29, 1.82) is 0 Å². The van der Waals surface area contributed by atoms with Crippen molar-refractivity contribution >= 4 is 11.9 Å². The van der Waals surface area contributed by atoms with E-state index in [-0.39, 0.29) is 65.5 Å². The zero-order valence-electron chi connectivity index (χ0n) is 17.3. The fourth-order valence-electron chi connectivity index (χ4n) is 2.77. The number of hydrogen-bond donors (Lipinski definition) is 0. The van der Waals surface area contributed by atoms with Crippen molar-refractivity contribution in [3.63, 3.8) is 0 Å². The van der Waals surface area contributed by atoms with Gasteiger partial charge in [0.05, 0.1) is 0 Å². The summed E-state index contributed by atoms with van der Waals surface area (Å²) in [6, 6.07) is 0. The molecule has 0 aliphatic rings. The van der Waals surface area contributed by atoms with E-state index in [1.807, 2.05) is 6.08 Å². The van der Waals surface area contributed by atoms with Crippen molar-refractivity contribution in [2.24, 2.45) is 5.92 Å². The van der Waals surface area contributed by atoms with Crippen LogP contribution in [0.25, 0.3) is 0 Å². The fraction of sp³-hybridized carbons (Fsp3) is 0.800. The van der Waals surface area contributed by atoms with Crippen LogP contribution >= 0.6 is 0 Å². The molecule has 0 spiro atoms. The molecule has 0 heterocycles. The summed E-state index contributed by atoms with van der Waals surface area (Å²) in [5.74, 6) is -3.65. The number of carboxylic acids is 2. The summed E-state index contributed by atoms with van der Waals surface area (Å²) < 4.78 is 0. The number of carboxylic acid groups (broad SMARTS) is 2. The van der Waals surface area contributed by atoms with Crippen LogP contribution in [-0.2, 0) is 9.59 Å². The van der Waals surface area contributed by atoms with Gasteiger partial charge in [-0.2, -0.15) is 0 Å². The van der Waals surface area contributed by atoms with Crippen molar-refractivity contribution in [3.05, 3.63) is 12.2 Å². The molecule has 0 fully saturated rings. The van der Waals surface area contributed by atoms with Gasteiger partial charge in [-0.25, -0.2) is 0 Å². The van der Waals surface area contributed by atoms with Crippen molar-refractivity contribution in [3.8, 4) is 0 Å². The Labute approximate surface area is 204 Å². The Morgan fingerprint density at radius 3 is 1.65 bits per heavy atom. The Kier molecular flexibility index (Phi) is 28.6. The predicted octanol–water partition coefficient (Wildman–Crippen LogP) is -2.85. The van der Waals surface area contributed by atoms with Crippen LogP contribution in [-0.4, -0.2) is 11.9 Å². The largest absolute Gasteiger partial charge is 1.00 e. The average molecular weight is 384 g/mol. The van der Waals surface area contributed by atoms with E-state index in [9.17, 15) is 19.8 Å². The van der Waals surface area contributed by atoms with Crippen LogP contribution < -0.4 is 69.3 Å². The van der Waals surface area contributed by atoms with Gasteiger partial charge in [-0.15, -0.1) is 0 Å². The minimum Gasteiger partial charge on any atom is -0.550 e. The molecule has 0 amide bonds. The standard InChI is InChI=1S/C20H36O4.2Na/c1-2-3-4-5-6-7-8-9-10-11-12-13-14-15-16-18(20(23)24)17-19(21)22;;/h14-15,18H,2-13,16-17H2,1H3,(H,21,22)(H,23,24);;/q;2*+1/p-2. The summed E-state index contributed by atoms with van der Waals surface area (Å²) in [5.41, 5.74) is 0. The number of allylic oxidation sites excluding steroid dienone is 2. The maximum atomic E-state index is 10.8. The first-order chi connectivity index (χ1) is 11.6. The van der Waals surface area contributed by atoms with E-state index < -0.39 is 24.3 Å². The Hall–Kier alpha value is 0.680. The van der Waals surface area contributed by atoms with Crippen LogP contribution in [0.15, 0.2) is 12.2 Å². The molecule has 0 radical (unpaired) electrons. The summed E-state index contributed by atoms with van der Waals surface area (Å²) in [6.45, 7) is 2.24. The molecular weight excluding hydrogens is 350 g/mol. The van der Waals surface area contributed by atoms with Gasteiger partial charge in [-0.05, 0) is 25.7 Å². The summed E-state index contributed by atoms with van der Waals surface area (Å²) in [5, 5.41) is 21.2. The van der Waals surface area contributed by atoms with Crippen LogP contribution in [0.4, 0.5) is 0 Å². The molecule has 0 aromatic heterocycles. The van der Waals surface area contributed by atoms with Crippen LogP contribution in [0.2, 0.25) is 0 Å². The molecule has 1 atom stereocenters. The minimum atomic E-state index is -1.34. The fourth-order valence-corrected chi connectivity index (χ4v) is 2.77. The van der Waals surface area contributed by atoms with Gasteiger partial charge in [0.15, 0.2) is 0 Å². The minimum absolute atomic E-state index is 0. The van der Waals surface area contributed by atoms with Gasteiger partial charge in [0.2, 0.25) is 0 Å². The summed E-state index contributed by atoms with van der Waals surface area (Å²) in [7, 11) is 0. The maximum absolute atomic E-state index is 10.8. The molecule has 0 bridgehead atoms. The molecule has 0 aromatic rings. The molecule has 0 saturated heterocycles. The van der Waals surface area contributed by atoms with E-state index >= 15 is 0 Å². The molecule has 1 unspecified atom stereocenters. The molecule has 26 heavy (non-hydrogen) atoms. The molecule has 0 N–H and O–H groups in total. The van der Waals surface area contributed by atoms with Gasteiger partial charge in [0.1, 0.15) is 0 Å². The molecule has 0 aliphatic carbocycles. The van der Waals surface area contributed by atoms with Crippen LogP contribution in [0.1, 0.15) is 96.8 Å². The van der Waals surface area contributed by atoms with E-state index in [0.717, 1.165) is 12.8 Å². The van der Waals surface area contributed by atoms with Crippen LogP contribution in [0.5, 0.6) is 0 Å². The van der Waals surface area contributed by atoms with Gasteiger partial charge < -0.3 is 19.8 Å². The Balaban J connectivity index is -0.00000264. The number of carbonyl (C=O) groups is 2. The number of unbranched alkanes of at least 4 members (excludes halogenated alkanes) is 11. The molecule has 4 nitrogen and oxygen atoms in total. The van der Waals surface area contributed by atoms with Crippen molar-refractivity contribution in [1.82, 2.24) is 0 Å². The van der Waals surface area contributed by atoms with Crippen molar-refractivity contribution < 1.29 is 78.9 Å². The Bertz CT molecular complexity index is 360.